The first kappa shape index (κ1) is 20.7. The minimum absolute atomic E-state index is 0.0171. The second kappa shape index (κ2) is 8.64. The summed E-state index contributed by atoms with van der Waals surface area (Å²) < 4.78 is 28.6. The molecule has 30 heavy (non-hydrogen) atoms. The van der Waals surface area contributed by atoms with Gasteiger partial charge in [0.2, 0.25) is 15.2 Å². The Morgan fingerprint density at radius 2 is 1.93 bits per heavy atom. The summed E-state index contributed by atoms with van der Waals surface area (Å²) in [6.45, 7) is 2.26. The summed E-state index contributed by atoms with van der Waals surface area (Å²) in [5.74, 6) is -1.12. The number of carboxylic acids is 1. The van der Waals surface area contributed by atoms with Gasteiger partial charge in [-0.25, -0.2) is 22.9 Å². The summed E-state index contributed by atoms with van der Waals surface area (Å²) in [5, 5.41) is 18.7. The average Bonchev–Trinajstić information content (AvgIpc) is 3.41. The number of nitrogens with zero attached hydrogens (tertiary/aromatic N) is 4. The number of benzene rings is 1. The van der Waals surface area contributed by atoms with Gasteiger partial charge in [0.15, 0.2) is 5.69 Å². The first-order valence-corrected chi connectivity index (χ1v) is 11.9. The van der Waals surface area contributed by atoms with Crippen LogP contribution in [0.5, 0.6) is 0 Å². The molecule has 0 aliphatic carbocycles. The van der Waals surface area contributed by atoms with Crippen molar-refractivity contribution in [2.45, 2.75) is 6.42 Å². The fourth-order valence-corrected chi connectivity index (χ4v) is 5.49. The number of carbonyl (C=O) groups is 1. The van der Waals surface area contributed by atoms with E-state index in [1.807, 2.05) is 30.3 Å². The Hall–Kier alpha value is -2.60. The molecule has 0 atom stereocenters. The molecule has 1 fully saturated rings. The predicted molar refractivity (Wildman–Crippen MR) is 114 cm³/mol. The van der Waals surface area contributed by atoms with Gasteiger partial charge in [-0.1, -0.05) is 30.3 Å². The van der Waals surface area contributed by atoms with Crippen LogP contribution in [0, 0.1) is 0 Å². The number of nitrogens with one attached hydrogen (secondary N) is 1. The van der Waals surface area contributed by atoms with Crippen LogP contribution in [0.15, 0.2) is 41.9 Å². The maximum absolute atomic E-state index is 12.8. The highest BCUT2D eigenvalue weighted by Gasteiger charge is 2.25. The highest BCUT2D eigenvalue weighted by atomic mass is 32.2. The van der Waals surface area contributed by atoms with Crippen molar-refractivity contribution in [2.75, 3.05) is 31.9 Å². The third kappa shape index (κ3) is 4.43. The van der Waals surface area contributed by atoms with Gasteiger partial charge >= 0.3 is 5.97 Å². The molecule has 1 saturated heterocycles. The van der Waals surface area contributed by atoms with E-state index in [1.54, 1.807) is 6.20 Å². The first-order valence-electron chi connectivity index (χ1n) is 9.46. The molecule has 0 spiro atoms. The molecule has 2 aromatic heterocycles. The van der Waals surface area contributed by atoms with Crippen LogP contribution >= 0.6 is 11.3 Å². The average molecular weight is 448 g/mol. The van der Waals surface area contributed by atoms with Crippen molar-refractivity contribution in [2.24, 2.45) is 0 Å². The Morgan fingerprint density at radius 3 is 2.60 bits per heavy atom. The predicted octanol–water partition coefficient (Wildman–Crippen LogP) is 1.47. The summed E-state index contributed by atoms with van der Waals surface area (Å²) in [5.41, 5.74) is 2.25. The maximum atomic E-state index is 12.8. The van der Waals surface area contributed by atoms with Gasteiger partial charge in [-0.2, -0.15) is 9.40 Å². The lowest BCUT2D eigenvalue weighted by atomic mass is 10.1. The molecule has 2 N–H and O–H groups in total. The van der Waals surface area contributed by atoms with Gasteiger partial charge in [-0.05, 0) is 12.0 Å². The van der Waals surface area contributed by atoms with Gasteiger partial charge in [-0.3, -0.25) is 0 Å². The van der Waals surface area contributed by atoms with Gasteiger partial charge in [0.1, 0.15) is 0 Å². The molecule has 3 heterocycles. The summed E-state index contributed by atoms with van der Waals surface area (Å²) in [6, 6.07) is 9.50. The number of sulfonamides is 1. The molecule has 0 bridgehead atoms. The summed E-state index contributed by atoms with van der Waals surface area (Å²) in [4.78, 5) is 15.2. The number of aromatic carboxylic acids is 1. The summed E-state index contributed by atoms with van der Waals surface area (Å²) >= 11 is 1.17. The molecule has 4 rings (SSSR count). The van der Waals surface area contributed by atoms with Gasteiger partial charge in [0, 0.05) is 43.3 Å². The van der Waals surface area contributed by atoms with E-state index in [0.717, 1.165) is 11.1 Å². The number of piperazine rings is 1. The van der Waals surface area contributed by atoms with Crippen molar-refractivity contribution in [3.8, 4) is 16.4 Å². The molecule has 9 nitrogen and oxygen atoms in total. The van der Waals surface area contributed by atoms with Crippen molar-refractivity contribution in [3.63, 3.8) is 0 Å². The van der Waals surface area contributed by atoms with Crippen LogP contribution in [-0.4, -0.2) is 70.5 Å². The van der Waals surface area contributed by atoms with Crippen LogP contribution in [0.2, 0.25) is 0 Å². The molecule has 158 valence electrons. The zero-order valence-corrected chi connectivity index (χ0v) is 17.7. The van der Waals surface area contributed by atoms with E-state index in [1.165, 1.54) is 25.7 Å². The van der Waals surface area contributed by atoms with E-state index in [2.05, 4.69) is 15.4 Å². The fourth-order valence-electron chi connectivity index (χ4n) is 3.29. The Kier molecular flexibility index (Phi) is 5.95. The highest BCUT2D eigenvalue weighted by Crippen LogP contribution is 2.26. The number of aromatic nitrogens is 3. The van der Waals surface area contributed by atoms with Gasteiger partial charge < -0.3 is 10.4 Å². The van der Waals surface area contributed by atoms with Crippen LogP contribution in [0.3, 0.4) is 0 Å². The minimum atomic E-state index is -3.38. The lowest BCUT2D eigenvalue weighted by molar-refractivity contribution is 0.0691. The van der Waals surface area contributed by atoms with Crippen LogP contribution in [0.4, 0.5) is 0 Å². The molecule has 1 aromatic carbocycles. The molecule has 0 saturated carbocycles. The van der Waals surface area contributed by atoms with Crippen LogP contribution in [0.1, 0.15) is 16.1 Å². The largest absolute Gasteiger partial charge is 0.476 e. The Morgan fingerprint density at radius 1 is 1.20 bits per heavy atom. The monoisotopic (exact) mass is 447 g/mol. The van der Waals surface area contributed by atoms with Crippen LogP contribution in [0.25, 0.3) is 16.4 Å². The van der Waals surface area contributed by atoms with E-state index in [0.29, 0.717) is 43.4 Å². The Bertz CT molecular complexity index is 1130. The molecule has 1 aliphatic rings. The molecular weight excluding hydrogens is 426 g/mol. The summed E-state index contributed by atoms with van der Waals surface area (Å²) in [6.07, 6.45) is 2.04. The number of hydrogen-bond donors (Lipinski definition) is 2. The number of carboxylic acid groups (broad SMARTS) is 1. The lowest BCUT2D eigenvalue weighted by Gasteiger charge is -2.26. The van der Waals surface area contributed by atoms with E-state index in [-0.39, 0.29) is 11.4 Å². The van der Waals surface area contributed by atoms with Gasteiger partial charge in [0.25, 0.3) is 0 Å². The second-order valence-electron chi connectivity index (χ2n) is 6.85. The number of aryl methyl sites for hydroxylation is 1. The van der Waals surface area contributed by atoms with Crippen molar-refractivity contribution >= 4 is 27.3 Å². The smallest absolute Gasteiger partial charge is 0.355 e. The third-order valence-electron chi connectivity index (χ3n) is 4.84. The number of rotatable bonds is 7. The lowest BCUT2D eigenvalue weighted by Crippen LogP contribution is -2.47. The molecule has 1 aliphatic heterocycles. The standard InChI is InChI=1S/C19H21N5O4S2/c25-18(26)16-13-29-19(21-16)24-12-15(17(22-24)14-4-2-1-3-5-14)6-11-30(27,28)23-9-7-20-8-10-23/h1-5,12-13,20H,6-11H2,(H,25,26). The minimum Gasteiger partial charge on any atom is -0.476 e. The number of thiazole rings is 1. The molecule has 0 radical (unpaired) electrons. The van der Waals surface area contributed by atoms with E-state index < -0.39 is 16.0 Å². The van der Waals surface area contributed by atoms with Gasteiger partial charge in [-0.15, -0.1) is 11.3 Å². The number of hydrogen-bond acceptors (Lipinski definition) is 7. The van der Waals surface area contributed by atoms with Crippen molar-refractivity contribution in [1.29, 1.82) is 0 Å². The first-order chi connectivity index (χ1) is 14.4. The topological polar surface area (TPSA) is 117 Å². The van der Waals surface area contributed by atoms with Crippen molar-refractivity contribution < 1.29 is 18.3 Å². The van der Waals surface area contributed by atoms with E-state index >= 15 is 0 Å². The normalized spacial score (nSPS) is 15.3. The van der Waals surface area contributed by atoms with Crippen LogP contribution < -0.4 is 5.32 Å². The van der Waals surface area contributed by atoms with Gasteiger partial charge in [0.05, 0.1) is 11.4 Å². The zero-order valence-electron chi connectivity index (χ0n) is 16.1. The van der Waals surface area contributed by atoms with E-state index in [9.17, 15) is 13.2 Å². The third-order valence-corrected chi connectivity index (χ3v) is 7.55. The van der Waals surface area contributed by atoms with Crippen molar-refractivity contribution in [1.82, 2.24) is 24.4 Å². The zero-order chi connectivity index (χ0) is 21.1. The fraction of sp³-hybridized carbons (Fsp3) is 0.316. The molecule has 0 amide bonds. The molecular formula is C19H21N5O4S2. The van der Waals surface area contributed by atoms with Crippen molar-refractivity contribution in [3.05, 3.63) is 53.2 Å². The quantitative estimate of drug-likeness (QED) is 0.563. The highest BCUT2D eigenvalue weighted by molar-refractivity contribution is 7.89. The van der Waals surface area contributed by atoms with Crippen LogP contribution in [-0.2, 0) is 16.4 Å². The Balaban J connectivity index is 1.63. The summed E-state index contributed by atoms with van der Waals surface area (Å²) in [7, 11) is -3.38. The second-order valence-corrected chi connectivity index (χ2v) is 9.77. The molecule has 11 heteroatoms. The molecule has 0 unspecified atom stereocenters. The maximum Gasteiger partial charge on any atom is 0.355 e. The Labute approximate surface area is 178 Å². The molecule has 3 aromatic rings. The van der Waals surface area contributed by atoms with E-state index in [4.69, 9.17) is 5.11 Å². The SMILES string of the molecule is O=C(O)c1csc(-n2cc(CCS(=O)(=O)N3CCNCC3)c(-c3ccccc3)n2)n1.